The smallest absolute Gasteiger partial charge is 0.223 e. The number of hydrogen-bond acceptors (Lipinski definition) is 5. The number of carbonyl (C=O) groups is 1. The molecule has 26 heavy (non-hydrogen) atoms. The molecule has 1 fully saturated rings. The van der Waals surface area contributed by atoms with Crippen LogP contribution in [0.3, 0.4) is 0 Å². The molecule has 2 heterocycles. The second-order valence-corrected chi connectivity index (χ2v) is 6.27. The van der Waals surface area contributed by atoms with Crippen molar-refractivity contribution in [3.8, 4) is 12.1 Å². The van der Waals surface area contributed by atoms with Crippen LogP contribution in [0, 0.1) is 28.6 Å². The van der Waals surface area contributed by atoms with Crippen LogP contribution < -0.4 is 10.2 Å². The minimum absolute atomic E-state index is 0.0441. The van der Waals surface area contributed by atoms with E-state index in [-0.39, 0.29) is 11.8 Å². The standard InChI is InChI=1S/C20H19N5O/c21-11-17-4-1-5-18(12-22)19(17)25-9-6-16(7-10-25)20(26)24-14-15-3-2-8-23-13-15/h1-5,8,13,16H,6-7,9-10,14H2,(H,24,26). The third kappa shape index (κ3) is 3.81. The Bertz CT molecular complexity index is 826. The molecule has 1 aromatic heterocycles. The molecular formula is C20H19N5O. The van der Waals surface area contributed by atoms with Gasteiger partial charge in [0.15, 0.2) is 0 Å². The van der Waals surface area contributed by atoms with Crippen molar-refractivity contribution >= 4 is 11.6 Å². The van der Waals surface area contributed by atoms with Gasteiger partial charge < -0.3 is 10.2 Å². The highest BCUT2D eigenvalue weighted by molar-refractivity contribution is 5.79. The van der Waals surface area contributed by atoms with Crippen LogP contribution in [0.2, 0.25) is 0 Å². The van der Waals surface area contributed by atoms with E-state index in [9.17, 15) is 15.3 Å². The summed E-state index contributed by atoms with van der Waals surface area (Å²) in [4.78, 5) is 18.5. The van der Waals surface area contributed by atoms with Gasteiger partial charge in [-0.05, 0) is 36.6 Å². The first-order valence-electron chi connectivity index (χ1n) is 8.57. The summed E-state index contributed by atoms with van der Waals surface area (Å²) < 4.78 is 0. The molecule has 1 aliphatic rings. The number of aromatic nitrogens is 1. The SMILES string of the molecule is N#Cc1cccc(C#N)c1N1CCC(C(=O)NCc2cccnc2)CC1. The summed E-state index contributed by atoms with van der Waals surface area (Å²) in [6.45, 7) is 1.78. The molecule has 6 heteroatoms. The van der Waals surface area contributed by atoms with Gasteiger partial charge in [-0.25, -0.2) is 0 Å². The maximum absolute atomic E-state index is 12.4. The van der Waals surface area contributed by atoms with E-state index in [1.54, 1.807) is 30.6 Å². The van der Waals surface area contributed by atoms with Crippen molar-refractivity contribution in [2.24, 2.45) is 5.92 Å². The monoisotopic (exact) mass is 345 g/mol. The van der Waals surface area contributed by atoms with Gasteiger partial charge in [-0.15, -0.1) is 0 Å². The van der Waals surface area contributed by atoms with Crippen LogP contribution in [-0.4, -0.2) is 24.0 Å². The number of nitrogens with zero attached hydrogens (tertiary/aromatic N) is 4. The number of piperidine rings is 1. The Morgan fingerprint density at radius 3 is 2.42 bits per heavy atom. The fraction of sp³-hybridized carbons (Fsp3) is 0.300. The van der Waals surface area contributed by atoms with Gasteiger partial charge >= 0.3 is 0 Å². The number of anilines is 1. The van der Waals surface area contributed by atoms with E-state index < -0.39 is 0 Å². The molecule has 1 saturated heterocycles. The van der Waals surface area contributed by atoms with E-state index in [2.05, 4.69) is 22.4 Å². The summed E-state index contributed by atoms with van der Waals surface area (Å²) >= 11 is 0. The number of benzene rings is 1. The van der Waals surface area contributed by atoms with Crippen LogP contribution in [0.25, 0.3) is 0 Å². The molecule has 0 unspecified atom stereocenters. The van der Waals surface area contributed by atoms with Crippen molar-refractivity contribution in [3.05, 3.63) is 59.4 Å². The molecule has 0 bridgehead atoms. The third-order valence-electron chi connectivity index (χ3n) is 4.65. The van der Waals surface area contributed by atoms with Crippen molar-refractivity contribution in [2.45, 2.75) is 19.4 Å². The molecule has 1 aliphatic heterocycles. The minimum Gasteiger partial charge on any atom is -0.369 e. The second kappa shape index (κ2) is 8.13. The number of nitrogens with one attached hydrogen (secondary N) is 1. The van der Waals surface area contributed by atoms with Crippen molar-refractivity contribution in [1.82, 2.24) is 10.3 Å². The molecule has 0 radical (unpaired) electrons. The fourth-order valence-electron chi connectivity index (χ4n) is 3.27. The first-order chi connectivity index (χ1) is 12.7. The molecule has 6 nitrogen and oxygen atoms in total. The van der Waals surface area contributed by atoms with Crippen molar-refractivity contribution in [1.29, 1.82) is 10.5 Å². The average molecular weight is 345 g/mol. The minimum atomic E-state index is -0.0531. The topological polar surface area (TPSA) is 92.8 Å². The molecule has 0 atom stereocenters. The zero-order valence-corrected chi connectivity index (χ0v) is 14.4. The van der Waals surface area contributed by atoms with Crippen LogP contribution in [-0.2, 0) is 11.3 Å². The summed E-state index contributed by atoms with van der Waals surface area (Å²) in [7, 11) is 0. The number of para-hydroxylation sites is 1. The molecular weight excluding hydrogens is 326 g/mol. The highest BCUT2D eigenvalue weighted by Gasteiger charge is 2.27. The summed E-state index contributed by atoms with van der Waals surface area (Å²) in [5, 5.41) is 21.6. The zero-order valence-electron chi connectivity index (χ0n) is 14.4. The maximum atomic E-state index is 12.4. The molecule has 0 spiro atoms. The van der Waals surface area contributed by atoms with Crippen molar-refractivity contribution in [3.63, 3.8) is 0 Å². The number of rotatable bonds is 4. The summed E-state index contributed by atoms with van der Waals surface area (Å²) in [5.74, 6) is -0.00900. The Balaban J connectivity index is 1.61. The lowest BCUT2D eigenvalue weighted by Crippen LogP contribution is -2.40. The number of carbonyl (C=O) groups excluding carboxylic acids is 1. The molecule has 2 aromatic rings. The van der Waals surface area contributed by atoms with E-state index in [1.807, 2.05) is 17.0 Å². The van der Waals surface area contributed by atoms with Crippen molar-refractivity contribution in [2.75, 3.05) is 18.0 Å². The number of nitriles is 2. The summed E-state index contributed by atoms with van der Waals surface area (Å²) in [6.07, 6.45) is 4.84. The van der Waals surface area contributed by atoms with Crippen LogP contribution in [0.1, 0.15) is 29.5 Å². The van der Waals surface area contributed by atoms with Gasteiger partial charge in [-0.3, -0.25) is 9.78 Å². The van der Waals surface area contributed by atoms with Gasteiger partial charge in [0.25, 0.3) is 0 Å². The van der Waals surface area contributed by atoms with Gasteiger partial charge in [-0.2, -0.15) is 10.5 Å². The van der Waals surface area contributed by atoms with E-state index >= 15 is 0 Å². The van der Waals surface area contributed by atoms with E-state index in [0.717, 1.165) is 5.56 Å². The highest BCUT2D eigenvalue weighted by Crippen LogP contribution is 2.29. The molecule has 0 aliphatic carbocycles. The number of pyridine rings is 1. The van der Waals surface area contributed by atoms with Crippen LogP contribution in [0.4, 0.5) is 5.69 Å². The lowest BCUT2D eigenvalue weighted by molar-refractivity contribution is -0.125. The average Bonchev–Trinajstić information content (AvgIpc) is 2.72. The lowest BCUT2D eigenvalue weighted by Gasteiger charge is -2.34. The van der Waals surface area contributed by atoms with Gasteiger partial charge in [0.1, 0.15) is 12.1 Å². The Morgan fingerprint density at radius 2 is 1.85 bits per heavy atom. The molecule has 0 saturated carbocycles. The zero-order chi connectivity index (χ0) is 18.4. The maximum Gasteiger partial charge on any atom is 0.223 e. The summed E-state index contributed by atoms with van der Waals surface area (Å²) in [5.41, 5.74) is 2.67. The molecule has 130 valence electrons. The predicted octanol–water partition coefficient (Wildman–Crippen LogP) is 2.36. The predicted molar refractivity (Wildman–Crippen MR) is 96.9 cm³/mol. The number of amides is 1. The Hall–Kier alpha value is -3.38. The van der Waals surface area contributed by atoms with Crippen LogP contribution in [0.15, 0.2) is 42.7 Å². The van der Waals surface area contributed by atoms with Gasteiger partial charge in [0.05, 0.1) is 16.8 Å². The Labute approximate surface area is 152 Å². The Morgan fingerprint density at radius 1 is 1.15 bits per heavy atom. The molecule has 1 N–H and O–H groups in total. The fourth-order valence-corrected chi connectivity index (χ4v) is 3.27. The number of hydrogen-bond donors (Lipinski definition) is 1. The second-order valence-electron chi connectivity index (χ2n) is 6.27. The molecule has 3 rings (SSSR count). The summed E-state index contributed by atoms with van der Waals surface area (Å²) in [6, 6.07) is 13.3. The third-order valence-corrected chi connectivity index (χ3v) is 4.65. The van der Waals surface area contributed by atoms with Gasteiger partial charge in [-0.1, -0.05) is 12.1 Å². The lowest BCUT2D eigenvalue weighted by atomic mass is 9.94. The van der Waals surface area contributed by atoms with E-state index in [1.165, 1.54) is 0 Å². The Kier molecular flexibility index (Phi) is 5.46. The van der Waals surface area contributed by atoms with E-state index in [4.69, 9.17) is 0 Å². The molecule has 1 aromatic carbocycles. The first kappa shape index (κ1) is 17.4. The quantitative estimate of drug-likeness (QED) is 0.918. The van der Waals surface area contributed by atoms with Gasteiger partial charge in [0, 0.05) is 37.9 Å². The first-order valence-corrected chi connectivity index (χ1v) is 8.57. The van der Waals surface area contributed by atoms with E-state index in [0.29, 0.717) is 49.3 Å². The molecule has 1 amide bonds. The normalized spacial score (nSPS) is 14.3. The van der Waals surface area contributed by atoms with Gasteiger partial charge in [0.2, 0.25) is 5.91 Å². The van der Waals surface area contributed by atoms with Crippen LogP contribution in [0.5, 0.6) is 0 Å². The van der Waals surface area contributed by atoms with Crippen molar-refractivity contribution < 1.29 is 4.79 Å². The highest BCUT2D eigenvalue weighted by atomic mass is 16.1. The van der Waals surface area contributed by atoms with Crippen LogP contribution >= 0.6 is 0 Å². The largest absolute Gasteiger partial charge is 0.369 e.